The van der Waals surface area contributed by atoms with Gasteiger partial charge in [-0.25, -0.2) is 18.6 Å². The van der Waals surface area contributed by atoms with E-state index in [1.54, 1.807) is 12.1 Å². The highest BCUT2D eigenvalue weighted by atomic mass is 32.1. The Bertz CT molecular complexity index is 1820. The Labute approximate surface area is 255 Å². The molecule has 4 N–H and O–H groups in total. The van der Waals surface area contributed by atoms with Crippen LogP contribution < -0.4 is 15.8 Å². The summed E-state index contributed by atoms with van der Waals surface area (Å²) < 4.78 is 32.9. The van der Waals surface area contributed by atoms with Gasteiger partial charge in [0.05, 0.1) is 19.7 Å². The number of nitrogens with one attached hydrogen (secondary N) is 1. The monoisotopic (exact) mass is 618 g/mol. The third-order valence-electron chi connectivity index (χ3n) is 7.79. The molecule has 226 valence electrons. The van der Waals surface area contributed by atoms with E-state index in [1.807, 2.05) is 37.4 Å². The molecule has 4 heterocycles. The number of hydrogen-bond donors (Lipinski definition) is 3. The van der Waals surface area contributed by atoms with Crippen LogP contribution in [-0.4, -0.2) is 58.4 Å². The molecule has 6 rings (SSSR count). The number of likely N-dealkylation sites (tertiary alicyclic amines) is 1. The number of benzene rings is 2. The van der Waals surface area contributed by atoms with Gasteiger partial charge in [-0.2, -0.15) is 0 Å². The van der Waals surface area contributed by atoms with Gasteiger partial charge in [0.15, 0.2) is 5.69 Å². The largest absolute Gasteiger partial charge is 0.493 e. The lowest BCUT2D eigenvalue weighted by atomic mass is 9.93. The third-order valence-corrected chi connectivity index (χ3v) is 8.78. The lowest BCUT2D eigenvalue weighted by Crippen LogP contribution is -2.58. The second kappa shape index (κ2) is 11.1. The average Bonchev–Trinajstić information content (AvgIpc) is 3.37. The normalized spacial score (nSPS) is 14.9. The van der Waals surface area contributed by atoms with Crippen molar-refractivity contribution in [3.05, 3.63) is 87.0 Å². The van der Waals surface area contributed by atoms with Gasteiger partial charge in [0.1, 0.15) is 11.4 Å². The van der Waals surface area contributed by atoms with Gasteiger partial charge >= 0.3 is 5.97 Å². The van der Waals surface area contributed by atoms with Crippen molar-refractivity contribution in [1.29, 1.82) is 0 Å². The van der Waals surface area contributed by atoms with Crippen molar-refractivity contribution >= 4 is 34.8 Å². The molecule has 0 radical (unpaired) electrons. The molecule has 44 heavy (non-hydrogen) atoms. The number of thiophene rings is 1. The second-order valence-corrected chi connectivity index (χ2v) is 11.9. The zero-order chi connectivity index (χ0) is 31.3. The van der Waals surface area contributed by atoms with Crippen molar-refractivity contribution < 1.29 is 33.0 Å². The molecule has 0 unspecified atom stereocenters. The minimum absolute atomic E-state index is 0.0714. The van der Waals surface area contributed by atoms with E-state index >= 15 is 0 Å². The number of alkyl halides is 2. The SMILES string of the molecule is Cc1cc(CN)cc(C)c1NC(=O)c1cc2c(cc1-c1ccc(C(=O)N3CC(F)(F)C3)nc1C(=O)O)OCCc1ccsc1-2. The van der Waals surface area contributed by atoms with Crippen molar-refractivity contribution in [2.45, 2.75) is 32.7 Å². The summed E-state index contributed by atoms with van der Waals surface area (Å²) in [5, 5.41) is 15.1. The van der Waals surface area contributed by atoms with E-state index in [2.05, 4.69) is 10.3 Å². The van der Waals surface area contributed by atoms with Gasteiger partial charge < -0.3 is 25.8 Å². The summed E-state index contributed by atoms with van der Waals surface area (Å²) in [6, 6.07) is 11.8. The maximum absolute atomic E-state index is 14.1. The molecule has 4 aromatic rings. The molecular weight excluding hydrogens is 590 g/mol. The highest BCUT2D eigenvalue weighted by molar-refractivity contribution is 7.13. The number of carboxylic acid groups (broad SMARTS) is 1. The van der Waals surface area contributed by atoms with E-state index in [-0.39, 0.29) is 22.4 Å². The van der Waals surface area contributed by atoms with E-state index in [0.29, 0.717) is 36.6 Å². The predicted octanol–water partition coefficient (Wildman–Crippen LogP) is 5.53. The van der Waals surface area contributed by atoms with E-state index in [0.717, 1.165) is 32.0 Å². The topological polar surface area (TPSA) is 135 Å². The molecule has 2 aliphatic rings. The van der Waals surface area contributed by atoms with Gasteiger partial charge in [-0.1, -0.05) is 12.1 Å². The number of rotatable bonds is 6. The molecule has 1 fully saturated rings. The summed E-state index contributed by atoms with van der Waals surface area (Å²) in [6.45, 7) is 2.92. The minimum Gasteiger partial charge on any atom is -0.493 e. The molecule has 0 bridgehead atoms. The van der Waals surface area contributed by atoms with Crippen LogP contribution in [0.2, 0.25) is 0 Å². The summed E-state index contributed by atoms with van der Waals surface area (Å²) in [4.78, 5) is 45.3. The predicted molar refractivity (Wildman–Crippen MR) is 162 cm³/mol. The van der Waals surface area contributed by atoms with Crippen LogP contribution in [0, 0.1) is 13.8 Å². The Kier molecular flexibility index (Phi) is 7.42. The first kappa shape index (κ1) is 29.4. The van der Waals surface area contributed by atoms with Gasteiger partial charge in [0.2, 0.25) is 0 Å². The van der Waals surface area contributed by atoms with Crippen molar-refractivity contribution in [2.75, 3.05) is 25.0 Å². The van der Waals surface area contributed by atoms with Crippen LogP contribution >= 0.6 is 11.3 Å². The first-order chi connectivity index (χ1) is 21.0. The van der Waals surface area contributed by atoms with E-state index in [1.165, 1.54) is 23.5 Å². The smallest absolute Gasteiger partial charge is 0.355 e. The summed E-state index contributed by atoms with van der Waals surface area (Å²) in [5.41, 5.74) is 10.4. The standard InChI is InChI=1S/C32H28F2N4O5S/c1-16-9-18(13-35)10-17(2)26(16)37-29(39)22-11-23-25(43-7-5-19-6-8-44-28(19)23)12-21(22)20-3-4-24(36-27(20)31(41)42)30(40)38-14-32(33,34)15-38/h3-4,6,8-12H,5,7,13-15,35H2,1-2H3,(H,37,39)(H,41,42). The quantitative estimate of drug-likeness (QED) is 0.259. The fourth-order valence-electron chi connectivity index (χ4n) is 5.65. The molecule has 2 aliphatic heterocycles. The van der Waals surface area contributed by atoms with Crippen LogP contribution in [0.4, 0.5) is 14.5 Å². The number of carbonyl (C=O) groups excluding carboxylic acids is 2. The van der Waals surface area contributed by atoms with Gasteiger partial charge in [0, 0.05) is 45.8 Å². The average molecular weight is 619 g/mol. The number of ether oxygens (including phenoxy) is 1. The molecule has 0 aliphatic carbocycles. The number of aromatic nitrogens is 1. The maximum atomic E-state index is 14.1. The summed E-state index contributed by atoms with van der Waals surface area (Å²) >= 11 is 1.51. The van der Waals surface area contributed by atoms with E-state index < -0.39 is 42.5 Å². The Morgan fingerprint density at radius 1 is 1.07 bits per heavy atom. The number of nitrogens with two attached hydrogens (primary N) is 1. The van der Waals surface area contributed by atoms with Crippen molar-refractivity contribution in [1.82, 2.24) is 9.88 Å². The highest BCUT2D eigenvalue weighted by Crippen LogP contribution is 2.43. The maximum Gasteiger partial charge on any atom is 0.355 e. The Balaban J connectivity index is 1.49. The lowest BCUT2D eigenvalue weighted by molar-refractivity contribution is -0.113. The molecule has 12 heteroatoms. The van der Waals surface area contributed by atoms with Gasteiger partial charge in [-0.15, -0.1) is 11.3 Å². The number of aryl methyl sites for hydroxylation is 2. The molecule has 2 amide bonds. The van der Waals surface area contributed by atoms with Crippen molar-refractivity contribution in [2.24, 2.45) is 5.73 Å². The molecule has 2 aromatic carbocycles. The Morgan fingerprint density at radius 2 is 1.80 bits per heavy atom. The van der Waals surface area contributed by atoms with Crippen LogP contribution in [0.15, 0.2) is 47.8 Å². The number of hydrogen-bond acceptors (Lipinski definition) is 7. The number of carbonyl (C=O) groups is 3. The second-order valence-electron chi connectivity index (χ2n) is 10.9. The number of fused-ring (bicyclic) bond motifs is 3. The summed E-state index contributed by atoms with van der Waals surface area (Å²) in [5.74, 6) is -5.26. The fourth-order valence-corrected chi connectivity index (χ4v) is 6.63. The molecule has 0 saturated carbocycles. The number of aromatic carboxylic acids is 1. The number of carboxylic acids is 1. The number of anilines is 1. The molecule has 0 atom stereocenters. The first-order valence-corrected chi connectivity index (χ1v) is 14.7. The first-order valence-electron chi connectivity index (χ1n) is 13.9. The van der Waals surface area contributed by atoms with Crippen molar-refractivity contribution in [3.63, 3.8) is 0 Å². The van der Waals surface area contributed by atoms with Crippen molar-refractivity contribution in [3.8, 4) is 27.3 Å². The van der Waals surface area contributed by atoms with Crippen LogP contribution in [0.25, 0.3) is 21.6 Å². The molecule has 9 nitrogen and oxygen atoms in total. The zero-order valence-corrected chi connectivity index (χ0v) is 24.7. The molecular formula is C32H28F2N4O5S. The molecule has 2 aromatic heterocycles. The fraction of sp³-hybridized carbons (Fsp3) is 0.250. The third kappa shape index (κ3) is 5.31. The van der Waals surface area contributed by atoms with Crippen LogP contribution in [-0.2, 0) is 13.0 Å². The number of amides is 2. The zero-order valence-electron chi connectivity index (χ0n) is 23.9. The van der Waals surface area contributed by atoms with Gasteiger partial charge in [-0.05, 0) is 71.8 Å². The highest BCUT2D eigenvalue weighted by Gasteiger charge is 2.46. The Hall–Kier alpha value is -4.68. The summed E-state index contributed by atoms with van der Waals surface area (Å²) in [6.07, 6.45) is 0.657. The number of nitrogens with zero attached hydrogens (tertiary/aromatic N) is 2. The minimum atomic E-state index is -2.99. The lowest BCUT2D eigenvalue weighted by Gasteiger charge is -2.38. The van der Waals surface area contributed by atoms with Crippen LogP contribution in [0.5, 0.6) is 5.75 Å². The van der Waals surface area contributed by atoms with Gasteiger partial charge in [-0.3, -0.25) is 9.59 Å². The van der Waals surface area contributed by atoms with Gasteiger partial charge in [0.25, 0.3) is 17.7 Å². The van der Waals surface area contributed by atoms with Crippen LogP contribution in [0.1, 0.15) is 53.6 Å². The van der Waals surface area contributed by atoms with Crippen LogP contribution in [0.3, 0.4) is 0 Å². The number of halogens is 2. The molecule has 1 saturated heterocycles. The number of pyridine rings is 1. The Morgan fingerprint density at radius 3 is 2.45 bits per heavy atom. The van der Waals surface area contributed by atoms with E-state index in [9.17, 15) is 28.3 Å². The summed E-state index contributed by atoms with van der Waals surface area (Å²) in [7, 11) is 0. The molecule has 0 spiro atoms. The van der Waals surface area contributed by atoms with E-state index in [4.69, 9.17) is 10.5 Å².